The number of nitroso groups, excluding NO2 is 2. The Hall–Kier alpha value is -7.39. The summed E-state index contributed by atoms with van der Waals surface area (Å²) in [6.45, 7) is 19.8. The van der Waals surface area contributed by atoms with E-state index in [9.17, 15) is 92.9 Å². The number of rotatable bonds is 56. The molecule has 113 heavy (non-hydrogen) atoms. The van der Waals surface area contributed by atoms with E-state index in [0.717, 1.165) is 6.42 Å². The van der Waals surface area contributed by atoms with Crippen LogP contribution >= 0.6 is 24.4 Å². The quantitative estimate of drug-likeness (QED) is 0.0135. The van der Waals surface area contributed by atoms with E-state index < -0.39 is 203 Å². The van der Waals surface area contributed by atoms with Crippen molar-refractivity contribution >= 4 is 101 Å². The molecule has 0 radical (unpaired) electrons. The number of nitrogens with two attached hydrogens (primary N) is 2. The van der Waals surface area contributed by atoms with E-state index in [2.05, 4.69) is 86.5 Å². The number of aliphatic imine (C=N–C) groups is 1. The fraction of sp³-hybridized carbons (Fsp3) is 0.827. The van der Waals surface area contributed by atoms with E-state index in [-0.39, 0.29) is 107 Å². The minimum Gasteiger partial charge on any atom is -0.480 e. The molecular weight excluding hydrogens is 1510 g/mol. The lowest BCUT2D eigenvalue weighted by atomic mass is 9.80. The van der Waals surface area contributed by atoms with Crippen LogP contribution in [0.5, 0.6) is 0 Å². The molecule has 1 heterocycles. The van der Waals surface area contributed by atoms with E-state index in [1.165, 1.54) is 11.8 Å². The van der Waals surface area contributed by atoms with Crippen LogP contribution in [-0.2, 0) is 62.3 Å². The highest BCUT2D eigenvalue weighted by atomic mass is 32.2. The van der Waals surface area contributed by atoms with Crippen LogP contribution in [0, 0.1) is 51.2 Å². The van der Waals surface area contributed by atoms with Gasteiger partial charge in [-0.2, -0.15) is 22.4 Å². The highest BCUT2D eigenvalue weighted by molar-refractivity contribution is 7.99. The monoisotopic (exact) mass is 1640 g/mol. The number of guanidine groups is 1. The van der Waals surface area contributed by atoms with Gasteiger partial charge in [-0.15, -0.1) is 11.8 Å². The smallest absolute Gasteiger partial charge is 0.327 e. The number of ether oxygens (including phenoxy) is 1. The summed E-state index contributed by atoms with van der Waals surface area (Å²) in [6.07, 6.45) is 2.03. The summed E-state index contributed by atoms with van der Waals surface area (Å²) in [5, 5.41) is 85.7. The zero-order valence-corrected chi connectivity index (χ0v) is 69.8. The first-order valence-electron chi connectivity index (χ1n) is 40.2. The SMILES string of the molecule is CCCCCC(NC(=O)C(CCCCC)NC(=O)C(CCCCN=O)NC(=O)C(NC(=O)C(NC(=O)C(NC(=O)C1CCC(CCSC2OC(CO)C(O)C(O)C2O)CC1)C(C)C)C(C)C)C(C)C)C(=O)NC(CCCN=C(N)N)C(=O)NC(CCCCN=O)C(=O)NC(C(=O)NC(C(=O)NC(CS)C(=O)O)C(C)C)C(C)C. The molecule has 38 heteroatoms. The fourth-order valence-electron chi connectivity index (χ4n) is 13.1. The van der Waals surface area contributed by atoms with E-state index in [1.807, 2.05) is 13.8 Å². The first-order valence-corrected chi connectivity index (χ1v) is 41.8. The number of nitrogens with zero attached hydrogens (tertiary/aromatic N) is 3. The number of aliphatic hydroxyl groups is 4. The van der Waals surface area contributed by atoms with E-state index in [0.29, 0.717) is 70.0 Å². The zero-order chi connectivity index (χ0) is 85.2. The van der Waals surface area contributed by atoms with Crippen molar-refractivity contribution in [2.45, 2.75) is 314 Å². The predicted molar refractivity (Wildman–Crippen MR) is 430 cm³/mol. The Kier molecular flexibility index (Phi) is 49.0. The van der Waals surface area contributed by atoms with Gasteiger partial charge >= 0.3 is 5.97 Å². The molecule has 16 atom stereocenters. The number of hydrogen-bond donors (Lipinski definition) is 19. The van der Waals surface area contributed by atoms with Gasteiger partial charge in [-0.3, -0.25) is 57.7 Å². The van der Waals surface area contributed by atoms with Crippen LogP contribution < -0.4 is 70.0 Å². The molecule has 2 rings (SSSR count). The number of carbonyl (C=O) groups excluding carboxylic acids is 11. The average molecular weight is 1640 g/mol. The van der Waals surface area contributed by atoms with Crippen LogP contribution in [0.3, 0.4) is 0 Å². The van der Waals surface area contributed by atoms with Crippen molar-refractivity contribution in [3.05, 3.63) is 9.81 Å². The number of aliphatic hydroxyl groups excluding tert-OH is 4. The third-order valence-corrected chi connectivity index (χ3v) is 21.7. The Morgan fingerprint density at radius 3 is 1.10 bits per heavy atom. The summed E-state index contributed by atoms with van der Waals surface area (Å²) in [6, 6.07) is -14.4. The van der Waals surface area contributed by atoms with E-state index >= 15 is 0 Å². The van der Waals surface area contributed by atoms with Crippen molar-refractivity contribution in [2.24, 2.45) is 68.2 Å². The van der Waals surface area contributed by atoms with Crippen LogP contribution in [-0.4, -0.2) is 236 Å². The van der Waals surface area contributed by atoms with Crippen LogP contribution in [0.25, 0.3) is 0 Å². The van der Waals surface area contributed by atoms with Crippen molar-refractivity contribution in [1.82, 2.24) is 58.5 Å². The Balaban J connectivity index is 2.46. The second kappa shape index (κ2) is 54.5. The molecule has 1 saturated heterocycles. The lowest BCUT2D eigenvalue weighted by Gasteiger charge is -2.39. The number of carbonyl (C=O) groups is 12. The average Bonchev–Trinajstić information content (AvgIpc) is 0.826. The van der Waals surface area contributed by atoms with Gasteiger partial charge in [0.25, 0.3) is 0 Å². The molecular formula is C75H134N16O20S2. The van der Waals surface area contributed by atoms with Gasteiger partial charge in [0.1, 0.15) is 96.3 Å². The first kappa shape index (κ1) is 102. The maximum Gasteiger partial charge on any atom is 0.327 e. The first-order chi connectivity index (χ1) is 53.4. The molecule has 2 aliphatic rings. The van der Waals surface area contributed by atoms with Crippen LogP contribution in [0.2, 0.25) is 0 Å². The normalized spacial score (nSPS) is 20.6. The van der Waals surface area contributed by atoms with Crippen LogP contribution in [0.1, 0.15) is 218 Å². The molecule has 2 fully saturated rings. The van der Waals surface area contributed by atoms with Crippen molar-refractivity contribution < 1.29 is 87.8 Å². The minimum atomic E-state index is -1.47. The number of unbranched alkanes of at least 4 members (excludes halogenated alkanes) is 6. The molecule has 1 saturated carbocycles. The lowest BCUT2D eigenvalue weighted by Crippen LogP contribution is -2.62. The second-order valence-electron chi connectivity index (χ2n) is 31.3. The highest BCUT2D eigenvalue weighted by Crippen LogP contribution is 2.35. The summed E-state index contributed by atoms with van der Waals surface area (Å²) in [5.41, 5.74) is 10.4. The molecule has 1 aliphatic carbocycles. The molecule has 20 N–H and O–H groups in total. The second-order valence-corrected chi connectivity index (χ2v) is 32.8. The Morgan fingerprint density at radius 1 is 0.434 bits per heavy atom. The summed E-state index contributed by atoms with van der Waals surface area (Å²) in [4.78, 5) is 196. The topological polar surface area (TPSA) is 571 Å². The summed E-state index contributed by atoms with van der Waals surface area (Å²) in [5.74, 6) is -12.5. The number of thioether (sulfide) groups is 1. The lowest BCUT2D eigenvalue weighted by molar-refractivity contribution is -0.205. The summed E-state index contributed by atoms with van der Waals surface area (Å²) < 4.78 is 5.63. The van der Waals surface area contributed by atoms with Crippen molar-refractivity contribution in [1.29, 1.82) is 0 Å². The van der Waals surface area contributed by atoms with Gasteiger partial charge in [-0.25, -0.2) is 4.79 Å². The fourth-order valence-corrected chi connectivity index (χ4v) is 14.6. The number of hydrogen-bond acceptors (Lipinski definition) is 24. The number of carboxylic acid groups (broad SMARTS) is 1. The number of nitrogens with one attached hydrogen (secondary N) is 11. The number of aliphatic carboxylic acids is 1. The molecule has 646 valence electrons. The summed E-state index contributed by atoms with van der Waals surface area (Å²) >= 11 is 5.28. The molecule has 36 nitrogen and oxygen atoms in total. The van der Waals surface area contributed by atoms with Crippen molar-refractivity contribution in [2.75, 3.05) is 37.7 Å². The maximum absolute atomic E-state index is 14.8. The number of carboxylic acids is 1. The molecule has 0 bridgehead atoms. The molecule has 11 amide bonds. The molecule has 0 aromatic carbocycles. The molecule has 0 spiro atoms. The zero-order valence-electron chi connectivity index (χ0n) is 68.1. The van der Waals surface area contributed by atoms with Crippen LogP contribution in [0.4, 0.5) is 0 Å². The van der Waals surface area contributed by atoms with Gasteiger partial charge < -0.3 is 100 Å². The van der Waals surface area contributed by atoms with Crippen LogP contribution in [0.15, 0.2) is 15.3 Å². The van der Waals surface area contributed by atoms with Gasteiger partial charge in [0.05, 0.1) is 19.7 Å². The van der Waals surface area contributed by atoms with Crippen molar-refractivity contribution in [3.8, 4) is 0 Å². The van der Waals surface area contributed by atoms with E-state index in [4.69, 9.17) is 16.2 Å². The largest absolute Gasteiger partial charge is 0.480 e. The molecule has 0 aromatic rings. The molecule has 16 unspecified atom stereocenters. The Bertz CT molecular complexity index is 3040. The predicted octanol–water partition coefficient (Wildman–Crippen LogP) is 1.43. The Labute approximate surface area is 674 Å². The molecule has 0 aromatic heterocycles. The van der Waals surface area contributed by atoms with Crippen molar-refractivity contribution in [3.63, 3.8) is 0 Å². The third kappa shape index (κ3) is 36.5. The van der Waals surface area contributed by atoms with Gasteiger partial charge in [-0.05, 0) is 138 Å². The highest BCUT2D eigenvalue weighted by Gasteiger charge is 2.45. The number of amides is 11. The van der Waals surface area contributed by atoms with Gasteiger partial charge in [0, 0.05) is 18.2 Å². The minimum absolute atomic E-state index is 0.00669. The maximum atomic E-state index is 14.8. The summed E-state index contributed by atoms with van der Waals surface area (Å²) in [7, 11) is 0. The molecule has 1 aliphatic heterocycles. The van der Waals surface area contributed by atoms with Gasteiger partial charge in [0.2, 0.25) is 65.0 Å². The van der Waals surface area contributed by atoms with Gasteiger partial charge in [0.15, 0.2) is 5.96 Å². The number of thiol groups is 1. The van der Waals surface area contributed by atoms with Gasteiger partial charge in [-0.1, -0.05) is 132 Å². The van der Waals surface area contributed by atoms with E-state index in [1.54, 1.807) is 69.2 Å². The third-order valence-electron chi connectivity index (χ3n) is 20.2. The Morgan fingerprint density at radius 2 is 0.761 bits per heavy atom. The standard InChI is InChI=1S/C75H134N16O20S2/c1-13-15-17-24-47(63(97)81-48(25-18-16-14-2)64(98)84-51(28-23-34-78-75(76)77)66(100)83-50(27-20-22-36-80-110)67(101)88-57(43(9)10)71(105)90-55(41(5)6)69(103)86-52(39-112)73(107)108)82-65(99)49(26-19-21-35-79-109)85-68(102)54(40(3)4)89-72(106)58(44(11)12)91-70(104)56(42(7)8)87-62(96)46-31-29-45(30-32-46)33-37-113-74-61(95)60(94)59(93)53(38-92)111-74/h40-61,74,92-95,112H,13-39H2,1-12H3,(H,81,97)(H,82,99)(H,83,100)(H,84,98)(H,85,102)(H,86,103)(H,87,96)(H,88,101)(H,89,106)(H,90,105)(H,91,104)(H,107,108)(H4,76,77,78).